The second kappa shape index (κ2) is 4.81. The Morgan fingerprint density at radius 1 is 1.27 bits per heavy atom. The van der Waals surface area contributed by atoms with Gasteiger partial charge in [-0.25, -0.2) is 0 Å². The molecule has 2 aliphatic rings. The van der Waals surface area contributed by atoms with Crippen molar-refractivity contribution in [1.29, 1.82) is 0 Å². The summed E-state index contributed by atoms with van der Waals surface area (Å²) in [4.78, 5) is 2.38. The van der Waals surface area contributed by atoms with Crippen molar-refractivity contribution in [3.05, 3.63) is 0 Å². The highest BCUT2D eigenvalue weighted by Gasteiger charge is 2.34. The summed E-state index contributed by atoms with van der Waals surface area (Å²) in [7, 11) is 0. The molecule has 0 spiro atoms. The minimum Gasteiger partial charge on any atom is -0.395 e. The van der Waals surface area contributed by atoms with Crippen LogP contribution in [0.4, 0.5) is 0 Å². The molecule has 0 amide bonds. The van der Waals surface area contributed by atoms with Gasteiger partial charge in [0.1, 0.15) is 0 Å². The van der Waals surface area contributed by atoms with E-state index in [1.807, 2.05) is 0 Å². The standard InChI is InChI=1S/C12H23NO2/c1-9-5-6-13(11(9)8-14)7-10-3-2-4-12(10)15/h9-12,14-15H,2-8H2,1H3. The third-order valence-corrected chi connectivity index (χ3v) is 4.27. The second-order valence-corrected chi connectivity index (χ2v) is 5.27. The molecule has 0 aromatic heterocycles. The van der Waals surface area contributed by atoms with Gasteiger partial charge in [-0.05, 0) is 37.6 Å². The Bertz CT molecular complexity index is 210. The Balaban J connectivity index is 1.88. The van der Waals surface area contributed by atoms with Gasteiger partial charge in [0.2, 0.25) is 0 Å². The fraction of sp³-hybridized carbons (Fsp3) is 1.00. The molecule has 0 bridgehead atoms. The van der Waals surface area contributed by atoms with Crippen LogP contribution in [0.1, 0.15) is 32.6 Å². The highest BCUT2D eigenvalue weighted by Crippen LogP contribution is 2.30. The van der Waals surface area contributed by atoms with E-state index in [1.54, 1.807) is 0 Å². The third-order valence-electron chi connectivity index (χ3n) is 4.27. The quantitative estimate of drug-likeness (QED) is 0.730. The molecule has 1 aliphatic carbocycles. The molecular formula is C12H23NO2. The molecule has 1 saturated heterocycles. The van der Waals surface area contributed by atoms with Gasteiger partial charge in [-0.3, -0.25) is 4.90 Å². The number of hydrogen-bond donors (Lipinski definition) is 2. The largest absolute Gasteiger partial charge is 0.395 e. The maximum absolute atomic E-state index is 9.78. The van der Waals surface area contributed by atoms with Crippen LogP contribution in [0.25, 0.3) is 0 Å². The molecule has 1 saturated carbocycles. The average Bonchev–Trinajstić information content (AvgIpc) is 2.76. The molecule has 3 heteroatoms. The van der Waals surface area contributed by atoms with E-state index in [9.17, 15) is 10.2 Å². The Morgan fingerprint density at radius 2 is 2.07 bits per heavy atom. The first-order valence-electron chi connectivity index (χ1n) is 6.25. The van der Waals surface area contributed by atoms with Crippen molar-refractivity contribution in [3.8, 4) is 0 Å². The summed E-state index contributed by atoms with van der Waals surface area (Å²) in [6.45, 7) is 4.56. The Hall–Kier alpha value is -0.120. The van der Waals surface area contributed by atoms with Crippen LogP contribution in [0, 0.1) is 11.8 Å². The van der Waals surface area contributed by atoms with Gasteiger partial charge in [-0.2, -0.15) is 0 Å². The molecule has 3 nitrogen and oxygen atoms in total. The molecule has 0 aromatic rings. The monoisotopic (exact) mass is 213 g/mol. The van der Waals surface area contributed by atoms with E-state index >= 15 is 0 Å². The SMILES string of the molecule is CC1CCN(CC2CCCC2O)C1CO. The number of rotatable bonds is 3. The normalized spacial score (nSPS) is 42.6. The summed E-state index contributed by atoms with van der Waals surface area (Å²) in [5.74, 6) is 1.05. The highest BCUT2D eigenvalue weighted by atomic mass is 16.3. The first-order chi connectivity index (χ1) is 7.22. The first-order valence-corrected chi connectivity index (χ1v) is 6.25. The zero-order valence-electron chi connectivity index (χ0n) is 9.60. The summed E-state index contributed by atoms with van der Waals surface area (Å²) in [5.41, 5.74) is 0. The molecule has 0 radical (unpaired) electrons. The summed E-state index contributed by atoms with van der Waals surface area (Å²) in [5, 5.41) is 19.1. The molecule has 2 N–H and O–H groups in total. The van der Waals surface area contributed by atoms with Crippen LogP contribution in [-0.4, -0.2) is 47.0 Å². The van der Waals surface area contributed by atoms with E-state index in [0.717, 1.165) is 25.9 Å². The van der Waals surface area contributed by atoms with Gasteiger partial charge in [-0.1, -0.05) is 13.3 Å². The van der Waals surface area contributed by atoms with E-state index in [0.29, 0.717) is 17.9 Å². The maximum atomic E-state index is 9.78. The molecule has 2 fully saturated rings. The van der Waals surface area contributed by atoms with Crippen molar-refractivity contribution < 1.29 is 10.2 Å². The lowest BCUT2D eigenvalue weighted by atomic mass is 10.0. The first kappa shape index (κ1) is 11.4. The summed E-state index contributed by atoms with van der Waals surface area (Å²) >= 11 is 0. The second-order valence-electron chi connectivity index (χ2n) is 5.27. The number of nitrogens with zero attached hydrogens (tertiary/aromatic N) is 1. The third kappa shape index (κ3) is 2.35. The van der Waals surface area contributed by atoms with Crippen LogP contribution in [0.2, 0.25) is 0 Å². The zero-order chi connectivity index (χ0) is 10.8. The zero-order valence-corrected chi connectivity index (χ0v) is 9.60. The average molecular weight is 213 g/mol. The van der Waals surface area contributed by atoms with Crippen LogP contribution < -0.4 is 0 Å². The van der Waals surface area contributed by atoms with Crippen LogP contribution in [0.5, 0.6) is 0 Å². The number of aliphatic hydroxyl groups excluding tert-OH is 2. The molecule has 1 aliphatic heterocycles. The molecule has 88 valence electrons. The van der Waals surface area contributed by atoms with Gasteiger partial charge in [0.05, 0.1) is 12.7 Å². The maximum Gasteiger partial charge on any atom is 0.0589 e. The van der Waals surface area contributed by atoms with Gasteiger partial charge in [0.15, 0.2) is 0 Å². The minimum absolute atomic E-state index is 0.0970. The van der Waals surface area contributed by atoms with E-state index in [-0.39, 0.29) is 12.7 Å². The molecule has 15 heavy (non-hydrogen) atoms. The predicted molar refractivity (Wildman–Crippen MR) is 59.6 cm³/mol. The molecule has 0 aromatic carbocycles. The van der Waals surface area contributed by atoms with Crippen molar-refractivity contribution in [2.75, 3.05) is 19.7 Å². The molecule has 4 unspecified atom stereocenters. The summed E-state index contributed by atoms with van der Waals surface area (Å²) in [6.07, 6.45) is 4.38. The van der Waals surface area contributed by atoms with Crippen LogP contribution >= 0.6 is 0 Å². The number of hydrogen-bond acceptors (Lipinski definition) is 3. The van der Waals surface area contributed by atoms with Crippen molar-refractivity contribution in [3.63, 3.8) is 0 Å². The summed E-state index contributed by atoms with van der Waals surface area (Å²) < 4.78 is 0. The predicted octanol–water partition coefficient (Wildman–Crippen LogP) is 0.850. The van der Waals surface area contributed by atoms with Crippen LogP contribution in [0.3, 0.4) is 0 Å². The van der Waals surface area contributed by atoms with Gasteiger partial charge in [-0.15, -0.1) is 0 Å². The van der Waals surface area contributed by atoms with Gasteiger partial charge >= 0.3 is 0 Å². The van der Waals surface area contributed by atoms with E-state index in [1.165, 1.54) is 12.8 Å². The highest BCUT2D eigenvalue weighted by molar-refractivity contribution is 4.88. The fourth-order valence-electron chi connectivity index (χ4n) is 3.14. The Labute approximate surface area is 92.1 Å². The van der Waals surface area contributed by atoms with Gasteiger partial charge in [0, 0.05) is 12.6 Å². The molecule has 4 atom stereocenters. The Kier molecular flexibility index (Phi) is 3.65. The molecule has 1 heterocycles. The number of aliphatic hydroxyl groups is 2. The lowest BCUT2D eigenvalue weighted by molar-refractivity contribution is 0.0768. The van der Waals surface area contributed by atoms with E-state index in [4.69, 9.17) is 0 Å². The van der Waals surface area contributed by atoms with Crippen LogP contribution in [-0.2, 0) is 0 Å². The smallest absolute Gasteiger partial charge is 0.0589 e. The van der Waals surface area contributed by atoms with Crippen molar-refractivity contribution in [1.82, 2.24) is 4.90 Å². The van der Waals surface area contributed by atoms with Gasteiger partial charge < -0.3 is 10.2 Å². The topological polar surface area (TPSA) is 43.7 Å². The van der Waals surface area contributed by atoms with E-state index in [2.05, 4.69) is 11.8 Å². The lowest BCUT2D eigenvalue weighted by Crippen LogP contribution is -2.40. The lowest BCUT2D eigenvalue weighted by Gasteiger charge is -2.28. The van der Waals surface area contributed by atoms with Crippen molar-refractivity contribution in [2.45, 2.75) is 44.8 Å². The fourth-order valence-corrected chi connectivity index (χ4v) is 3.14. The molecular weight excluding hydrogens is 190 g/mol. The number of likely N-dealkylation sites (tertiary alicyclic amines) is 1. The van der Waals surface area contributed by atoms with Crippen molar-refractivity contribution >= 4 is 0 Å². The van der Waals surface area contributed by atoms with Crippen LogP contribution in [0.15, 0.2) is 0 Å². The molecule has 2 rings (SSSR count). The Morgan fingerprint density at radius 3 is 2.67 bits per heavy atom. The van der Waals surface area contributed by atoms with Gasteiger partial charge in [0.25, 0.3) is 0 Å². The van der Waals surface area contributed by atoms with E-state index < -0.39 is 0 Å². The summed E-state index contributed by atoms with van der Waals surface area (Å²) in [6, 6.07) is 0.331. The minimum atomic E-state index is -0.0970. The van der Waals surface area contributed by atoms with Crippen molar-refractivity contribution in [2.24, 2.45) is 11.8 Å².